The van der Waals surface area contributed by atoms with Gasteiger partial charge < -0.3 is 0 Å². The van der Waals surface area contributed by atoms with Crippen molar-refractivity contribution in [1.29, 1.82) is 0 Å². The zero-order chi connectivity index (χ0) is 20.9. The van der Waals surface area contributed by atoms with Gasteiger partial charge in [0.1, 0.15) is 9.88 Å². The number of aromatic nitrogens is 4. The number of carbonyl (C=O) groups is 1. The van der Waals surface area contributed by atoms with Crippen molar-refractivity contribution in [2.75, 3.05) is 5.32 Å². The highest BCUT2D eigenvalue weighted by atomic mass is 32.1. The van der Waals surface area contributed by atoms with E-state index in [4.69, 9.17) is 0 Å². The SMILES string of the molecule is Cc1ccc2nc(NC(=O)c3sc(-c4c(C)c(C)nn(C)c4=O)nc3C)sc2c1. The third kappa shape index (κ3) is 3.47. The summed E-state index contributed by atoms with van der Waals surface area (Å²) >= 11 is 2.64. The quantitative estimate of drug-likeness (QED) is 0.536. The van der Waals surface area contributed by atoms with Crippen LogP contribution < -0.4 is 10.9 Å². The zero-order valence-corrected chi connectivity index (χ0v) is 18.3. The Morgan fingerprint density at radius 3 is 2.59 bits per heavy atom. The second-order valence-electron chi connectivity index (χ2n) is 6.89. The van der Waals surface area contributed by atoms with Crippen molar-refractivity contribution in [2.45, 2.75) is 27.7 Å². The van der Waals surface area contributed by atoms with Crippen LogP contribution in [0.25, 0.3) is 20.8 Å². The van der Waals surface area contributed by atoms with Crippen LogP contribution in [0.5, 0.6) is 0 Å². The van der Waals surface area contributed by atoms with E-state index >= 15 is 0 Å². The van der Waals surface area contributed by atoms with E-state index in [1.54, 1.807) is 14.0 Å². The fraction of sp³-hybridized carbons (Fsp3) is 0.250. The molecule has 29 heavy (non-hydrogen) atoms. The lowest BCUT2D eigenvalue weighted by atomic mass is 10.1. The molecule has 0 aliphatic rings. The summed E-state index contributed by atoms with van der Waals surface area (Å²) in [5.74, 6) is -0.276. The van der Waals surface area contributed by atoms with E-state index in [1.165, 1.54) is 27.4 Å². The first kappa shape index (κ1) is 19.4. The Morgan fingerprint density at radius 1 is 1.07 bits per heavy atom. The summed E-state index contributed by atoms with van der Waals surface area (Å²) in [5.41, 5.74) is 4.37. The summed E-state index contributed by atoms with van der Waals surface area (Å²) in [4.78, 5) is 34.9. The second kappa shape index (κ2) is 7.16. The molecule has 0 aliphatic heterocycles. The Kier molecular flexibility index (Phi) is 4.79. The number of amides is 1. The molecule has 0 saturated heterocycles. The minimum atomic E-state index is -0.276. The molecule has 1 amide bonds. The van der Waals surface area contributed by atoms with Gasteiger partial charge in [0, 0.05) is 7.05 Å². The fourth-order valence-electron chi connectivity index (χ4n) is 3.05. The first-order chi connectivity index (χ1) is 13.7. The lowest BCUT2D eigenvalue weighted by Gasteiger charge is -2.07. The number of anilines is 1. The molecule has 9 heteroatoms. The lowest BCUT2D eigenvalue weighted by molar-refractivity contribution is 0.103. The number of rotatable bonds is 3. The minimum absolute atomic E-state index is 0.227. The van der Waals surface area contributed by atoms with E-state index in [0.29, 0.717) is 26.3 Å². The largest absolute Gasteiger partial charge is 0.297 e. The topological polar surface area (TPSA) is 89.8 Å². The Morgan fingerprint density at radius 2 is 1.83 bits per heavy atom. The van der Waals surface area contributed by atoms with Crippen molar-refractivity contribution >= 4 is 43.9 Å². The van der Waals surface area contributed by atoms with E-state index < -0.39 is 0 Å². The van der Waals surface area contributed by atoms with Gasteiger partial charge in [0.2, 0.25) is 0 Å². The van der Waals surface area contributed by atoms with Gasteiger partial charge in [0.05, 0.1) is 27.2 Å². The van der Waals surface area contributed by atoms with Gasteiger partial charge in [0.15, 0.2) is 5.13 Å². The van der Waals surface area contributed by atoms with Crippen LogP contribution in [0, 0.1) is 27.7 Å². The average Bonchev–Trinajstić information content (AvgIpc) is 3.22. The van der Waals surface area contributed by atoms with Crippen LogP contribution in [-0.2, 0) is 7.05 Å². The van der Waals surface area contributed by atoms with Gasteiger partial charge >= 0.3 is 0 Å². The molecule has 7 nitrogen and oxygen atoms in total. The maximum absolute atomic E-state index is 12.9. The summed E-state index contributed by atoms with van der Waals surface area (Å²) in [5, 5.41) is 8.13. The molecule has 1 N–H and O–H groups in total. The standard InChI is InChI=1S/C20H19N5O2S2/c1-9-6-7-13-14(8-9)28-20(22-13)23-17(26)16-12(4)21-18(29-16)15-10(2)11(3)24-25(5)19(15)27/h6-8H,1-5H3,(H,22,23,26). The number of fused-ring (bicyclic) bond motifs is 1. The first-order valence-corrected chi connectivity index (χ1v) is 10.6. The molecule has 4 aromatic rings. The first-order valence-electron chi connectivity index (χ1n) is 8.95. The number of hydrogen-bond acceptors (Lipinski definition) is 7. The zero-order valence-electron chi connectivity index (χ0n) is 16.7. The molecule has 1 aromatic carbocycles. The van der Waals surface area contributed by atoms with Crippen LogP contribution in [0.4, 0.5) is 5.13 Å². The number of nitrogens with one attached hydrogen (secondary N) is 1. The Bertz CT molecular complexity index is 1330. The third-order valence-corrected chi connectivity index (χ3v) is 6.81. The highest BCUT2D eigenvalue weighted by molar-refractivity contribution is 7.22. The van der Waals surface area contributed by atoms with Gasteiger partial charge in [0.25, 0.3) is 11.5 Å². The summed E-state index contributed by atoms with van der Waals surface area (Å²) in [6.07, 6.45) is 0. The number of aryl methyl sites for hydroxylation is 4. The second-order valence-corrected chi connectivity index (χ2v) is 8.92. The van der Waals surface area contributed by atoms with Gasteiger partial charge in [-0.25, -0.2) is 14.6 Å². The lowest BCUT2D eigenvalue weighted by Crippen LogP contribution is -2.23. The maximum Gasteiger partial charge on any atom is 0.277 e. The van der Waals surface area contributed by atoms with Crippen LogP contribution in [0.1, 0.15) is 32.2 Å². The third-order valence-electron chi connectivity index (χ3n) is 4.71. The van der Waals surface area contributed by atoms with Crippen LogP contribution in [0.3, 0.4) is 0 Å². The van der Waals surface area contributed by atoms with Crippen molar-refractivity contribution in [3.05, 3.63) is 55.9 Å². The molecule has 0 spiro atoms. The Labute approximate surface area is 175 Å². The summed E-state index contributed by atoms with van der Waals surface area (Å²) in [6.45, 7) is 7.48. The van der Waals surface area contributed by atoms with Crippen molar-refractivity contribution in [3.8, 4) is 10.6 Å². The molecule has 0 bridgehead atoms. The molecule has 148 valence electrons. The molecule has 3 aromatic heterocycles. The average molecular weight is 426 g/mol. The Hall–Kier alpha value is -2.91. The van der Waals surface area contributed by atoms with Crippen LogP contribution in [-0.4, -0.2) is 25.7 Å². The van der Waals surface area contributed by atoms with E-state index in [-0.39, 0.29) is 11.5 Å². The monoisotopic (exact) mass is 425 g/mol. The molecule has 0 atom stereocenters. The van der Waals surface area contributed by atoms with Gasteiger partial charge in [-0.2, -0.15) is 5.10 Å². The van der Waals surface area contributed by atoms with Crippen molar-refractivity contribution in [2.24, 2.45) is 7.05 Å². The number of carbonyl (C=O) groups excluding carboxylic acids is 1. The van der Waals surface area contributed by atoms with Crippen molar-refractivity contribution in [3.63, 3.8) is 0 Å². The number of benzene rings is 1. The smallest absolute Gasteiger partial charge is 0.277 e. The van der Waals surface area contributed by atoms with Crippen molar-refractivity contribution < 1.29 is 4.79 Å². The molecule has 4 rings (SSSR count). The minimum Gasteiger partial charge on any atom is -0.297 e. The van der Waals surface area contributed by atoms with Gasteiger partial charge in [-0.1, -0.05) is 17.4 Å². The highest BCUT2D eigenvalue weighted by Crippen LogP contribution is 2.31. The van der Waals surface area contributed by atoms with E-state index in [1.807, 2.05) is 39.0 Å². The molecule has 3 heterocycles. The maximum atomic E-state index is 12.9. The van der Waals surface area contributed by atoms with Crippen molar-refractivity contribution in [1.82, 2.24) is 19.7 Å². The molecule has 0 aliphatic carbocycles. The molecule has 0 saturated carbocycles. The molecular weight excluding hydrogens is 406 g/mol. The molecular formula is C20H19N5O2S2. The van der Waals surface area contributed by atoms with E-state index in [2.05, 4.69) is 20.4 Å². The van der Waals surface area contributed by atoms with Crippen LogP contribution in [0.15, 0.2) is 23.0 Å². The Balaban J connectivity index is 1.69. The predicted molar refractivity (Wildman–Crippen MR) is 117 cm³/mol. The van der Waals surface area contributed by atoms with Crippen LogP contribution in [0.2, 0.25) is 0 Å². The number of thiazole rings is 2. The molecule has 0 radical (unpaired) electrons. The normalized spacial score (nSPS) is 11.2. The fourth-order valence-corrected chi connectivity index (χ4v) is 5.07. The predicted octanol–water partition coefficient (Wildman–Crippen LogP) is 4.00. The van der Waals surface area contributed by atoms with Crippen LogP contribution >= 0.6 is 22.7 Å². The summed E-state index contributed by atoms with van der Waals surface area (Å²) in [7, 11) is 1.61. The molecule has 0 unspecified atom stereocenters. The summed E-state index contributed by atoms with van der Waals surface area (Å²) in [6, 6.07) is 5.98. The van der Waals surface area contributed by atoms with Gasteiger partial charge in [-0.05, 0) is 51.0 Å². The molecule has 0 fully saturated rings. The summed E-state index contributed by atoms with van der Waals surface area (Å²) < 4.78 is 2.32. The van der Waals surface area contributed by atoms with Gasteiger partial charge in [-0.3, -0.25) is 14.9 Å². The van der Waals surface area contributed by atoms with E-state index in [9.17, 15) is 9.59 Å². The van der Waals surface area contributed by atoms with Gasteiger partial charge in [-0.15, -0.1) is 11.3 Å². The highest BCUT2D eigenvalue weighted by Gasteiger charge is 2.21. The number of nitrogens with zero attached hydrogens (tertiary/aromatic N) is 4. The van der Waals surface area contributed by atoms with E-state index in [0.717, 1.165) is 27.0 Å². The number of hydrogen-bond donors (Lipinski definition) is 1.